The third-order valence-corrected chi connectivity index (χ3v) is 5.12. The summed E-state index contributed by atoms with van der Waals surface area (Å²) in [6.07, 6.45) is 3.44. The van der Waals surface area contributed by atoms with Gasteiger partial charge in [-0.3, -0.25) is 4.79 Å². The SMILES string of the molecule is C[C@@H](NC(=O)/C(C#N)=C\c1cn(-c2ccccc2)nc1-c1ccccc1)c1ccccc1. The number of carbonyl (C=O) groups excluding carboxylic acids is 1. The summed E-state index contributed by atoms with van der Waals surface area (Å²) >= 11 is 0. The summed E-state index contributed by atoms with van der Waals surface area (Å²) < 4.78 is 1.76. The van der Waals surface area contributed by atoms with E-state index in [9.17, 15) is 10.1 Å². The van der Waals surface area contributed by atoms with Crippen LogP contribution in [0.3, 0.4) is 0 Å². The molecule has 0 aliphatic carbocycles. The number of hydrogen-bond acceptors (Lipinski definition) is 3. The summed E-state index contributed by atoms with van der Waals surface area (Å²) in [7, 11) is 0. The molecule has 0 unspecified atom stereocenters. The molecule has 1 amide bonds. The van der Waals surface area contributed by atoms with Crippen molar-refractivity contribution in [2.24, 2.45) is 0 Å². The fraction of sp³-hybridized carbons (Fsp3) is 0.0741. The van der Waals surface area contributed by atoms with Gasteiger partial charge in [-0.25, -0.2) is 4.68 Å². The molecule has 0 fully saturated rings. The molecule has 1 aromatic heterocycles. The van der Waals surface area contributed by atoms with E-state index in [-0.39, 0.29) is 11.6 Å². The van der Waals surface area contributed by atoms with Crippen LogP contribution in [0, 0.1) is 11.3 Å². The standard InChI is InChI=1S/C27H22N4O/c1-20(21-11-5-2-6-12-21)29-27(32)23(18-28)17-24-19-31(25-15-9-4-10-16-25)30-26(24)22-13-7-3-8-14-22/h2-17,19-20H,1H3,(H,29,32)/b23-17-/t20-/m1/s1. The van der Waals surface area contributed by atoms with E-state index in [0.29, 0.717) is 11.3 Å². The van der Waals surface area contributed by atoms with Crippen molar-refractivity contribution in [2.75, 3.05) is 0 Å². The van der Waals surface area contributed by atoms with Gasteiger partial charge in [0.25, 0.3) is 5.91 Å². The van der Waals surface area contributed by atoms with Crippen molar-refractivity contribution < 1.29 is 4.79 Å². The van der Waals surface area contributed by atoms with Gasteiger partial charge in [-0.2, -0.15) is 10.4 Å². The van der Waals surface area contributed by atoms with Crippen LogP contribution in [0.4, 0.5) is 0 Å². The van der Waals surface area contributed by atoms with Crippen molar-refractivity contribution in [1.29, 1.82) is 5.26 Å². The number of para-hydroxylation sites is 1. The Hall–Kier alpha value is -4.43. The lowest BCUT2D eigenvalue weighted by atomic mass is 10.1. The lowest BCUT2D eigenvalue weighted by molar-refractivity contribution is -0.117. The summed E-state index contributed by atoms with van der Waals surface area (Å²) in [5.74, 6) is -0.421. The van der Waals surface area contributed by atoms with Gasteiger partial charge in [-0.05, 0) is 30.7 Å². The maximum atomic E-state index is 12.9. The molecule has 156 valence electrons. The maximum absolute atomic E-state index is 12.9. The molecule has 4 rings (SSSR count). The molecule has 0 aliphatic heterocycles. The topological polar surface area (TPSA) is 70.7 Å². The molecular formula is C27H22N4O. The van der Waals surface area contributed by atoms with Gasteiger partial charge in [0.15, 0.2) is 0 Å². The summed E-state index contributed by atoms with van der Waals surface area (Å²) in [4.78, 5) is 12.9. The largest absolute Gasteiger partial charge is 0.345 e. The van der Waals surface area contributed by atoms with E-state index in [0.717, 1.165) is 16.8 Å². The lowest BCUT2D eigenvalue weighted by Gasteiger charge is -2.13. The Labute approximate surface area is 187 Å². The molecule has 5 nitrogen and oxygen atoms in total. The van der Waals surface area contributed by atoms with E-state index in [1.54, 1.807) is 10.8 Å². The average Bonchev–Trinajstić information content (AvgIpc) is 3.28. The molecule has 1 heterocycles. The van der Waals surface area contributed by atoms with Gasteiger partial charge in [0.05, 0.1) is 17.4 Å². The normalized spacial score (nSPS) is 12.1. The van der Waals surface area contributed by atoms with E-state index in [1.807, 2.05) is 110 Å². The summed E-state index contributed by atoms with van der Waals surface area (Å²) in [6, 6.07) is 30.9. The van der Waals surface area contributed by atoms with Crippen LogP contribution in [0.5, 0.6) is 0 Å². The van der Waals surface area contributed by atoms with Crippen molar-refractivity contribution in [3.05, 3.63) is 114 Å². The van der Waals surface area contributed by atoms with Crippen molar-refractivity contribution in [2.45, 2.75) is 13.0 Å². The highest BCUT2D eigenvalue weighted by atomic mass is 16.1. The number of hydrogen-bond donors (Lipinski definition) is 1. The Kier molecular flexibility index (Phi) is 6.24. The minimum absolute atomic E-state index is 0.0255. The van der Waals surface area contributed by atoms with Gasteiger partial charge in [0.2, 0.25) is 0 Å². The highest BCUT2D eigenvalue weighted by molar-refractivity contribution is 6.02. The minimum atomic E-state index is -0.421. The Morgan fingerprint density at radius 3 is 2.19 bits per heavy atom. The average molecular weight is 419 g/mol. The van der Waals surface area contributed by atoms with Crippen LogP contribution in [-0.2, 0) is 4.79 Å². The number of aromatic nitrogens is 2. The third-order valence-electron chi connectivity index (χ3n) is 5.12. The number of amides is 1. The van der Waals surface area contributed by atoms with Crippen LogP contribution in [0.2, 0.25) is 0 Å². The monoisotopic (exact) mass is 418 g/mol. The van der Waals surface area contributed by atoms with E-state index in [4.69, 9.17) is 5.10 Å². The first-order chi connectivity index (χ1) is 15.7. The van der Waals surface area contributed by atoms with Gasteiger partial charge in [-0.15, -0.1) is 0 Å². The molecule has 0 aliphatic rings. The fourth-order valence-electron chi connectivity index (χ4n) is 3.43. The number of benzene rings is 3. The third kappa shape index (κ3) is 4.66. The molecule has 1 atom stereocenters. The molecule has 1 N–H and O–H groups in total. The van der Waals surface area contributed by atoms with Crippen molar-refractivity contribution in [1.82, 2.24) is 15.1 Å². The molecule has 0 saturated heterocycles. The number of carbonyl (C=O) groups is 1. The molecule has 4 aromatic rings. The first kappa shape index (κ1) is 20.8. The van der Waals surface area contributed by atoms with Gasteiger partial charge < -0.3 is 5.32 Å². The minimum Gasteiger partial charge on any atom is -0.345 e. The van der Waals surface area contributed by atoms with Crippen LogP contribution in [0.15, 0.2) is 103 Å². The zero-order chi connectivity index (χ0) is 22.3. The van der Waals surface area contributed by atoms with Crippen molar-refractivity contribution >= 4 is 12.0 Å². The lowest BCUT2D eigenvalue weighted by Crippen LogP contribution is -2.27. The molecule has 0 radical (unpaired) electrons. The fourth-order valence-corrected chi connectivity index (χ4v) is 3.43. The second-order valence-electron chi connectivity index (χ2n) is 7.35. The van der Waals surface area contributed by atoms with E-state index in [1.165, 1.54) is 0 Å². The number of rotatable bonds is 6. The Balaban J connectivity index is 1.69. The first-order valence-electron chi connectivity index (χ1n) is 10.3. The molecular weight excluding hydrogens is 396 g/mol. The molecule has 0 saturated carbocycles. The quantitative estimate of drug-likeness (QED) is 0.340. The predicted octanol–water partition coefficient (Wildman–Crippen LogP) is 5.32. The Morgan fingerprint density at radius 2 is 1.56 bits per heavy atom. The summed E-state index contributed by atoms with van der Waals surface area (Å²) in [5.41, 5.74) is 4.19. The van der Waals surface area contributed by atoms with Crippen molar-refractivity contribution in [3.8, 4) is 23.0 Å². The van der Waals surface area contributed by atoms with Crippen LogP contribution in [-0.4, -0.2) is 15.7 Å². The molecule has 0 bridgehead atoms. The highest BCUT2D eigenvalue weighted by Gasteiger charge is 2.17. The molecule has 3 aromatic carbocycles. The van der Waals surface area contributed by atoms with E-state index >= 15 is 0 Å². The zero-order valence-electron chi connectivity index (χ0n) is 17.6. The highest BCUT2D eigenvalue weighted by Crippen LogP contribution is 2.26. The van der Waals surface area contributed by atoms with Gasteiger partial charge in [0, 0.05) is 17.3 Å². The van der Waals surface area contributed by atoms with E-state index < -0.39 is 5.91 Å². The molecule has 32 heavy (non-hydrogen) atoms. The van der Waals surface area contributed by atoms with Crippen LogP contribution < -0.4 is 5.32 Å². The Morgan fingerprint density at radius 1 is 0.969 bits per heavy atom. The summed E-state index contributed by atoms with van der Waals surface area (Å²) in [6.45, 7) is 1.89. The van der Waals surface area contributed by atoms with Gasteiger partial charge >= 0.3 is 0 Å². The Bertz CT molecular complexity index is 1270. The van der Waals surface area contributed by atoms with Gasteiger partial charge in [-0.1, -0.05) is 78.9 Å². The van der Waals surface area contributed by atoms with Gasteiger partial charge in [0.1, 0.15) is 11.6 Å². The van der Waals surface area contributed by atoms with Crippen LogP contribution in [0.25, 0.3) is 23.0 Å². The van der Waals surface area contributed by atoms with Crippen molar-refractivity contribution in [3.63, 3.8) is 0 Å². The number of nitriles is 1. The molecule has 5 heteroatoms. The maximum Gasteiger partial charge on any atom is 0.262 e. The second-order valence-corrected chi connectivity index (χ2v) is 7.35. The van der Waals surface area contributed by atoms with E-state index in [2.05, 4.69) is 5.32 Å². The second kappa shape index (κ2) is 9.59. The number of nitrogens with one attached hydrogen (secondary N) is 1. The number of nitrogens with zero attached hydrogens (tertiary/aromatic N) is 3. The zero-order valence-corrected chi connectivity index (χ0v) is 17.6. The van der Waals surface area contributed by atoms with Crippen LogP contribution in [0.1, 0.15) is 24.1 Å². The predicted molar refractivity (Wildman–Crippen MR) is 126 cm³/mol. The summed E-state index contributed by atoms with van der Waals surface area (Å²) in [5, 5.41) is 17.4. The molecule has 0 spiro atoms. The first-order valence-corrected chi connectivity index (χ1v) is 10.3. The van der Waals surface area contributed by atoms with Crippen LogP contribution >= 0.6 is 0 Å². The smallest absolute Gasteiger partial charge is 0.262 e.